The molecule has 0 amide bonds. The molecule has 1 aliphatic carbocycles. The predicted octanol–water partition coefficient (Wildman–Crippen LogP) is 3.62. The van der Waals surface area contributed by atoms with E-state index in [2.05, 4.69) is 17.1 Å². The molecule has 1 heterocycles. The Labute approximate surface area is 136 Å². The molecule has 4 nitrogen and oxygen atoms in total. The zero-order valence-corrected chi connectivity index (χ0v) is 13.6. The van der Waals surface area contributed by atoms with Crippen molar-refractivity contribution in [3.63, 3.8) is 0 Å². The third-order valence-corrected chi connectivity index (χ3v) is 4.11. The number of rotatable bonds is 6. The summed E-state index contributed by atoms with van der Waals surface area (Å²) < 4.78 is 11.2. The maximum absolute atomic E-state index is 11.9. The zero-order valence-electron chi connectivity index (χ0n) is 13.6. The summed E-state index contributed by atoms with van der Waals surface area (Å²) in [6, 6.07) is 7.85. The van der Waals surface area contributed by atoms with Crippen molar-refractivity contribution in [2.45, 2.75) is 45.6 Å². The fourth-order valence-electron chi connectivity index (χ4n) is 2.87. The Balaban J connectivity index is 1.64. The number of pyridine rings is 1. The molecule has 1 aromatic heterocycles. The van der Waals surface area contributed by atoms with E-state index in [1.54, 1.807) is 12.3 Å². The molecule has 0 radical (unpaired) electrons. The number of aromatic nitrogens is 1. The van der Waals surface area contributed by atoms with Gasteiger partial charge in [0.1, 0.15) is 12.4 Å². The number of benzene rings is 1. The Hall–Kier alpha value is -2.23. The van der Waals surface area contributed by atoms with Crippen LogP contribution in [0.15, 0.2) is 35.3 Å². The Kier molecular flexibility index (Phi) is 5.01. The molecule has 0 saturated heterocycles. The van der Waals surface area contributed by atoms with E-state index in [1.807, 2.05) is 13.0 Å². The van der Waals surface area contributed by atoms with Crippen LogP contribution < -0.4 is 14.9 Å². The monoisotopic (exact) mass is 313 g/mol. The minimum absolute atomic E-state index is 0.110. The summed E-state index contributed by atoms with van der Waals surface area (Å²) in [7, 11) is 0. The first-order chi connectivity index (χ1) is 11.3. The lowest BCUT2D eigenvalue weighted by Crippen LogP contribution is -2.11. The highest BCUT2D eigenvalue weighted by molar-refractivity contribution is 5.37. The third-order valence-electron chi connectivity index (χ3n) is 4.11. The summed E-state index contributed by atoms with van der Waals surface area (Å²) in [5.41, 5.74) is 3.47. The lowest BCUT2D eigenvalue weighted by Gasteiger charge is -2.16. The second-order valence-corrected chi connectivity index (χ2v) is 5.96. The van der Waals surface area contributed by atoms with Crippen LogP contribution in [0.2, 0.25) is 0 Å². The molecule has 23 heavy (non-hydrogen) atoms. The number of fused-ring (bicyclic) bond motifs is 1. The standard InChI is InChI=1S/C19H23NO3/c1-2-9-22-19-12-20-16(11-18(19)21)13-23-17-8-7-14-5-3-4-6-15(14)10-17/h7-8,10-12H,2-6,9,13H2,1H3,(H,20,21). The molecule has 0 aliphatic heterocycles. The maximum Gasteiger partial charge on any atom is 0.223 e. The number of ether oxygens (including phenoxy) is 2. The first kappa shape index (κ1) is 15.7. The molecule has 4 heteroatoms. The minimum atomic E-state index is -0.110. The van der Waals surface area contributed by atoms with Crippen LogP contribution in [0.1, 0.15) is 43.0 Å². The lowest BCUT2D eigenvalue weighted by molar-refractivity contribution is 0.296. The average molecular weight is 313 g/mol. The Morgan fingerprint density at radius 1 is 1.09 bits per heavy atom. The van der Waals surface area contributed by atoms with E-state index in [9.17, 15) is 4.79 Å². The summed E-state index contributed by atoms with van der Waals surface area (Å²) in [5.74, 6) is 1.22. The van der Waals surface area contributed by atoms with E-state index in [0.717, 1.165) is 24.3 Å². The Morgan fingerprint density at radius 3 is 2.70 bits per heavy atom. The van der Waals surface area contributed by atoms with Gasteiger partial charge in [-0.1, -0.05) is 13.0 Å². The van der Waals surface area contributed by atoms with Crippen molar-refractivity contribution < 1.29 is 9.47 Å². The average Bonchev–Trinajstić information content (AvgIpc) is 2.59. The van der Waals surface area contributed by atoms with Gasteiger partial charge >= 0.3 is 0 Å². The highest BCUT2D eigenvalue weighted by atomic mass is 16.5. The molecule has 0 spiro atoms. The minimum Gasteiger partial charge on any atom is -0.488 e. The number of H-pyrrole nitrogens is 1. The van der Waals surface area contributed by atoms with Crippen LogP contribution in [-0.4, -0.2) is 11.6 Å². The number of aromatic amines is 1. The molecule has 0 atom stereocenters. The van der Waals surface area contributed by atoms with Gasteiger partial charge in [-0.25, -0.2) is 0 Å². The SMILES string of the molecule is CCCOc1c[nH]c(COc2ccc3c(c2)CCCC3)cc1=O. The van der Waals surface area contributed by atoms with Gasteiger partial charge < -0.3 is 14.5 Å². The zero-order chi connectivity index (χ0) is 16.1. The van der Waals surface area contributed by atoms with Crippen LogP contribution in [-0.2, 0) is 19.4 Å². The number of aryl methyl sites for hydroxylation is 2. The lowest BCUT2D eigenvalue weighted by atomic mass is 9.92. The van der Waals surface area contributed by atoms with Gasteiger partial charge in [-0.2, -0.15) is 0 Å². The molecule has 1 N–H and O–H groups in total. The van der Waals surface area contributed by atoms with E-state index in [4.69, 9.17) is 9.47 Å². The normalized spacial score (nSPS) is 13.4. The second kappa shape index (κ2) is 7.36. The summed E-state index contributed by atoms with van der Waals surface area (Å²) in [6.45, 7) is 2.91. The first-order valence-electron chi connectivity index (χ1n) is 8.35. The Morgan fingerprint density at radius 2 is 1.91 bits per heavy atom. The van der Waals surface area contributed by atoms with Crippen LogP contribution in [0.5, 0.6) is 11.5 Å². The first-order valence-corrected chi connectivity index (χ1v) is 8.35. The van der Waals surface area contributed by atoms with Crippen molar-refractivity contribution in [1.82, 2.24) is 4.98 Å². The number of hydrogen-bond acceptors (Lipinski definition) is 3. The van der Waals surface area contributed by atoms with Crippen molar-refractivity contribution in [2.75, 3.05) is 6.61 Å². The molecule has 0 saturated carbocycles. The molecule has 1 aromatic carbocycles. The third kappa shape index (κ3) is 3.95. The van der Waals surface area contributed by atoms with Crippen molar-refractivity contribution >= 4 is 0 Å². The fourth-order valence-corrected chi connectivity index (χ4v) is 2.87. The van der Waals surface area contributed by atoms with Gasteiger partial charge in [-0.3, -0.25) is 4.79 Å². The highest BCUT2D eigenvalue weighted by Crippen LogP contribution is 2.25. The van der Waals surface area contributed by atoms with Gasteiger partial charge in [0.2, 0.25) is 5.43 Å². The molecule has 1 aliphatic rings. The van der Waals surface area contributed by atoms with Gasteiger partial charge in [0.05, 0.1) is 12.3 Å². The second-order valence-electron chi connectivity index (χ2n) is 5.96. The quantitative estimate of drug-likeness (QED) is 0.886. The van der Waals surface area contributed by atoms with E-state index < -0.39 is 0 Å². The van der Waals surface area contributed by atoms with Crippen LogP contribution >= 0.6 is 0 Å². The summed E-state index contributed by atoms with van der Waals surface area (Å²) in [5, 5.41) is 0. The fraction of sp³-hybridized carbons (Fsp3) is 0.421. The summed E-state index contributed by atoms with van der Waals surface area (Å²) >= 11 is 0. The topological polar surface area (TPSA) is 51.3 Å². The van der Waals surface area contributed by atoms with E-state index >= 15 is 0 Å². The van der Waals surface area contributed by atoms with Crippen LogP contribution in [0.3, 0.4) is 0 Å². The predicted molar refractivity (Wildman–Crippen MR) is 90.3 cm³/mol. The van der Waals surface area contributed by atoms with Crippen molar-refractivity contribution in [1.29, 1.82) is 0 Å². The van der Waals surface area contributed by atoms with Crippen LogP contribution in [0, 0.1) is 0 Å². The molecule has 3 rings (SSSR count). The van der Waals surface area contributed by atoms with Crippen molar-refractivity contribution in [2.24, 2.45) is 0 Å². The van der Waals surface area contributed by atoms with Gasteiger partial charge in [-0.05, 0) is 55.4 Å². The van der Waals surface area contributed by atoms with Crippen LogP contribution in [0.4, 0.5) is 0 Å². The van der Waals surface area contributed by atoms with E-state index in [0.29, 0.717) is 19.0 Å². The number of hydrogen-bond donors (Lipinski definition) is 1. The van der Waals surface area contributed by atoms with Crippen molar-refractivity contribution in [3.8, 4) is 11.5 Å². The van der Waals surface area contributed by atoms with E-state index in [-0.39, 0.29) is 5.43 Å². The van der Waals surface area contributed by atoms with Gasteiger partial charge in [0.25, 0.3) is 0 Å². The molecular weight excluding hydrogens is 290 g/mol. The smallest absolute Gasteiger partial charge is 0.223 e. The van der Waals surface area contributed by atoms with Gasteiger partial charge in [0.15, 0.2) is 5.75 Å². The van der Waals surface area contributed by atoms with E-state index in [1.165, 1.54) is 30.4 Å². The van der Waals surface area contributed by atoms with Gasteiger partial charge in [-0.15, -0.1) is 0 Å². The maximum atomic E-state index is 11.9. The molecular formula is C19H23NO3. The Bertz CT molecular complexity index is 721. The summed E-state index contributed by atoms with van der Waals surface area (Å²) in [6.07, 6.45) is 7.32. The molecule has 0 unspecified atom stereocenters. The molecule has 0 fully saturated rings. The van der Waals surface area contributed by atoms with Crippen LogP contribution in [0.25, 0.3) is 0 Å². The van der Waals surface area contributed by atoms with Crippen molar-refractivity contribution in [3.05, 3.63) is 57.5 Å². The summed E-state index contributed by atoms with van der Waals surface area (Å²) in [4.78, 5) is 15.0. The molecule has 0 bridgehead atoms. The molecule has 122 valence electrons. The van der Waals surface area contributed by atoms with Gasteiger partial charge in [0, 0.05) is 12.3 Å². The highest BCUT2D eigenvalue weighted by Gasteiger charge is 2.10. The number of nitrogens with one attached hydrogen (secondary N) is 1. The largest absolute Gasteiger partial charge is 0.488 e. The molecule has 2 aromatic rings.